The third-order valence-electron chi connectivity index (χ3n) is 3.73. The number of hydrogen-bond donors (Lipinski definition) is 2. The van der Waals surface area contributed by atoms with E-state index >= 15 is 0 Å². The third-order valence-corrected chi connectivity index (χ3v) is 3.73. The highest BCUT2D eigenvalue weighted by atomic mass is 127. The van der Waals surface area contributed by atoms with Crippen LogP contribution in [-0.2, 0) is 6.54 Å². The molecular formula is C15H23F3IN5O. The minimum absolute atomic E-state index is 0. The average Bonchev–Trinajstić information content (AvgIpc) is 2.96. The van der Waals surface area contributed by atoms with Gasteiger partial charge in [-0.1, -0.05) is 6.07 Å². The van der Waals surface area contributed by atoms with Crippen LogP contribution in [-0.4, -0.2) is 61.9 Å². The number of ether oxygens (including phenoxy) is 1. The summed E-state index contributed by atoms with van der Waals surface area (Å²) in [5.74, 6) is 1.07. The molecule has 0 spiro atoms. The molecule has 25 heavy (non-hydrogen) atoms. The van der Waals surface area contributed by atoms with E-state index in [9.17, 15) is 13.2 Å². The van der Waals surface area contributed by atoms with Crippen LogP contribution in [0.2, 0.25) is 0 Å². The topological polar surface area (TPSA) is 61.8 Å². The van der Waals surface area contributed by atoms with Crippen LogP contribution in [0.1, 0.15) is 12.0 Å². The van der Waals surface area contributed by atoms with Crippen molar-refractivity contribution < 1.29 is 17.9 Å². The van der Waals surface area contributed by atoms with Crippen LogP contribution in [0.4, 0.5) is 13.2 Å². The third kappa shape index (κ3) is 7.22. The largest absolute Gasteiger partial charge is 0.481 e. The number of nitrogens with zero attached hydrogens (tertiary/aromatic N) is 3. The highest BCUT2D eigenvalue weighted by Gasteiger charge is 2.34. The molecule has 1 aromatic rings. The molecule has 1 aliphatic heterocycles. The summed E-state index contributed by atoms with van der Waals surface area (Å²) in [6.45, 7) is 0.348. The normalized spacial score (nSPS) is 18.6. The number of likely N-dealkylation sites (tertiary alicyclic amines) is 1. The van der Waals surface area contributed by atoms with Gasteiger partial charge in [0.25, 0.3) is 0 Å². The van der Waals surface area contributed by atoms with Gasteiger partial charge in [-0.15, -0.1) is 24.0 Å². The van der Waals surface area contributed by atoms with Gasteiger partial charge in [0, 0.05) is 44.5 Å². The summed E-state index contributed by atoms with van der Waals surface area (Å²) in [5, 5.41) is 6.29. The molecule has 0 bridgehead atoms. The maximum absolute atomic E-state index is 12.4. The zero-order valence-electron chi connectivity index (χ0n) is 14.1. The Morgan fingerprint density at radius 3 is 2.88 bits per heavy atom. The number of methoxy groups -OCH3 is 1. The monoisotopic (exact) mass is 473 g/mol. The fourth-order valence-electron chi connectivity index (χ4n) is 2.66. The van der Waals surface area contributed by atoms with Crippen LogP contribution >= 0.6 is 24.0 Å². The maximum atomic E-state index is 12.4. The Labute approximate surface area is 162 Å². The van der Waals surface area contributed by atoms with Gasteiger partial charge in [0.05, 0.1) is 13.7 Å². The van der Waals surface area contributed by atoms with Gasteiger partial charge in [0.2, 0.25) is 5.88 Å². The number of pyridine rings is 1. The summed E-state index contributed by atoms with van der Waals surface area (Å²) in [7, 11) is 3.17. The fraction of sp³-hybridized carbons (Fsp3) is 0.600. The van der Waals surface area contributed by atoms with Gasteiger partial charge < -0.3 is 15.4 Å². The molecule has 0 aliphatic carbocycles. The maximum Gasteiger partial charge on any atom is 0.401 e. The molecular weight excluding hydrogens is 450 g/mol. The molecule has 0 amide bonds. The number of rotatable bonds is 5. The van der Waals surface area contributed by atoms with Gasteiger partial charge in [-0.2, -0.15) is 13.2 Å². The Morgan fingerprint density at radius 1 is 1.48 bits per heavy atom. The minimum atomic E-state index is -4.16. The van der Waals surface area contributed by atoms with E-state index in [2.05, 4.69) is 20.6 Å². The Kier molecular flexibility index (Phi) is 8.69. The number of aromatic nitrogens is 1. The van der Waals surface area contributed by atoms with Crippen LogP contribution in [0.5, 0.6) is 5.88 Å². The molecule has 0 radical (unpaired) electrons. The zero-order chi connectivity index (χ0) is 17.6. The molecule has 1 atom stereocenters. The molecule has 1 unspecified atom stereocenters. The van der Waals surface area contributed by atoms with Gasteiger partial charge in [0.1, 0.15) is 0 Å². The molecule has 1 aliphatic rings. The van der Waals surface area contributed by atoms with Gasteiger partial charge >= 0.3 is 6.18 Å². The number of hydrogen-bond acceptors (Lipinski definition) is 4. The lowest BCUT2D eigenvalue weighted by molar-refractivity contribution is -0.143. The Bertz CT molecular complexity index is 570. The molecule has 1 saturated heterocycles. The van der Waals surface area contributed by atoms with Crippen molar-refractivity contribution >= 4 is 29.9 Å². The summed E-state index contributed by atoms with van der Waals surface area (Å²) in [6.07, 6.45) is -1.87. The molecule has 6 nitrogen and oxygen atoms in total. The second-order valence-electron chi connectivity index (χ2n) is 5.58. The quantitative estimate of drug-likeness (QED) is 0.390. The van der Waals surface area contributed by atoms with Crippen molar-refractivity contribution in [3.63, 3.8) is 0 Å². The molecule has 1 fully saturated rings. The highest BCUT2D eigenvalue weighted by Crippen LogP contribution is 2.20. The van der Waals surface area contributed by atoms with Crippen molar-refractivity contribution in [1.82, 2.24) is 20.5 Å². The lowest BCUT2D eigenvalue weighted by atomic mass is 10.2. The van der Waals surface area contributed by atoms with E-state index in [0.29, 0.717) is 37.9 Å². The van der Waals surface area contributed by atoms with E-state index in [1.807, 2.05) is 12.1 Å². The first-order valence-corrected chi connectivity index (χ1v) is 7.65. The van der Waals surface area contributed by atoms with Crippen LogP contribution in [0.25, 0.3) is 0 Å². The van der Waals surface area contributed by atoms with Gasteiger partial charge in [0.15, 0.2) is 5.96 Å². The predicted molar refractivity (Wildman–Crippen MR) is 100 cm³/mol. The molecule has 0 saturated carbocycles. The summed E-state index contributed by atoms with van der Waals surface area (Å²) in [4.78, 5) is 9.62. The first-order chi connectivity index (χ1) is 11.4. The van der Waals surface area contributed by atoms with Gasteiger partial charge in [-0.05, 0) is 12.5 Å². The smallest absolute Gasteiger partial charge is 0.401 e. The number of halogens is 4. The first-order valence-electron chi connectivity index (χ1n) is 7.65. The van der Waals surface area contributed by atoms with Gasteiger partial charge in [-0.3, -0.25) is 9.89 Å². The minimum Gasteiger partial charge on any atom is -0.481 e. The van der Waals surface area contributed by atoms with Crippen molar-refractivity contribution in [3.8, 4) is 5.88 Å². The van der Waals surface area contributed by atoms with Crippen molar-refractivity contribution in [1.29, 1.82) is 0 Å². The van der Waals surface area contributed by atoms with E-state index in [0.717, 1.165) is 5.56 Å². The Hall–Kier alpha value is -1.30. The number of guanidine groups is 1. The van der Waals surface area contributed by atoms with E-state index in [4.69, 9.17) is 4.74 Å². The van der Waals surface area contributed by atoms with Crippen LogP contribution < -0.4 is 15.4 Å². The van der Waals surface area contributed by atoms with Crippen LogP contribution in [0.3, 0.4) is 0 Å². The first kappa shape index (κ1) is 21.7. The second-order valence-corrected chi connectivity index (χ2v) is 5.58. The summed E-state index contributed by atoms with van der Waals surface area (Å²) in [5.41, 5.74) is 0.869. The average molecular weight is 473 g/mol. The van der Waals surface area contributed by atoms with Crippen LogP contribution in [0.15, 0.2) is 23.3 Å². The Morgan fingerprint density at radius 2 is 2.24 bits per heavy atom. The van der Waals surface area contributed by atoms with Crippen molar-refractivity contribution in [3.05, 3.63) is 23.9 Å². The van der Waals surface area contributed by atoms with Crippen molar-refractivity contribution in [2.75, 3.05) is 33.8 Å². The standard InChI is InChI=1S/C15H22F3N5O.HI/c1-19-14(21-8-11-4-3-6-20-13(11)24-2)22-12-5-7-23(9-12)10-15(16,17)18;/h3-4,6,12H,5,7-10H2,1-2H3,(H2,19,21,22);1H. The SMILES string of the molecule is CN=C(NCc1cccnc1OC)NC1CCN(CC(F)(F)F)C1.I. The van der Waals surface area contributed by atoms with E-state index in [1.165, 1.54) is 4.90 Å². The van der Waals surface area contributed by atoms with E-state index in [1.54, 1.807) is 20.4 Å². The number of aliphatic imine (C=N–C) groups is 1. The number of nitrogens with one attached hydrogen (secondary N) is 2. The summed E-state index contributed by atoms with van der Waals surface area (Å²) < 4.78 is 42.5. The van der Waals surface area contributed by atoms with Crippen LogP contribution in [0, 0.1) is 0 Å². The fourth-order valence-corrected chi connectivity index (χ4v) is 2.66. The summed E-state index contributed by atoms with van der Waals surface area (Å²) >= 11 is 0. The number of alkyl halides is 3. The molecule has 1 aromatic heterocycles. The molecule has 2 heterocycles. The molecule has 142 valence electrons. The Balaban J connectivity index is 0.00000312. The highest BCUT2D eigenvalue weighted by molar-refractivity contribution is 14.0. The van der Waals surface area contributed by atoms with Crippen molar-refractivity contribution in [2.45, 2.75) is 25.2 Å². The van der Waals surface area contributed by atoms with E-state index < -0.39 is 12.7 Å². The molecule has 2 N–H and O–H groups in total. The molecule has 2 rings (SSSR count). The predicted octanol–water partition coefficient (Wildman–Crippen LogP) is 2.01. The second kappa shape index (κ2) is 10.00. The van der Waals surface area contributed by atoms with E-state index in [-0.39, 0.29) is 30.0 Å². The van der Waals surface area contributed by atoms with Gasteiger partial charge in [-0.25, -0.2) is 4.98 Å². The molecule has 10 heteroatoms. The lowest BCUT2D eigenvalue weighted by Crippen LogP contribution is -2.44. The van der Waals surface area contributed by atoms with Crippen molar-refractivity contribution in [2.24, 2.45) is 4.99 Å². The molecule has 0 aromatic carbocycles. The zero-order valence-corrected chi connectivity index (χ0v) is 16.5. The lowest BCUT2D eigenvalue weighted by Gasteiger charge is -2.20. The summed E-state index contributed by atoms with van der Waals surface area (Å²) in [6, 6.07) is 3.63.